The highest BCUT2D eigenvalue weighted by molar-refractivity contribution is 7.09. The van der Waals surface area contributed by atoms with Crippen LogP contribution in [0.2, 0.25) is 0 Å². The lowest BCUT2D eigenvalue weighted by Crippen LogP contribution is -2.31. The van der Waals surface area contributed by atoms with E-state index in [4.69, 9.17) is 4.74 Å². The van der Waals surface area contributed by atoms with Crippen LogP contribution in [0.4, 0.5) is 5.13 Å². The Labute approximate surface area is 136 Å². The van der Waals surface area contributed by atoms with Gasteiger partial charge in [0.25, 0.3) is 0 Å². The summed E-state index contributed by atoms with van der Waals surface area (Å²) in [6.07, 6.45) is 0.755. The molecule has 1 aromatic carbocycles. The molecule has 6 heteroatoms. The van der Waals surface area contributed by atoms with Gasteiger partial charge >= 0.3 is 0 Å². The minimum atomic E-state index is 0.755. The van der Waals surface area contributed by atoms with E-state index >= 15 is 0 Å². The van der Waals surface area contributed by atoms with Gasteiger partial charge in [0, 0.05) is 37.6 Å². The van der Waals surface area contributed by atoms with Crippen molar-refractivity contribution in [2.45, 2.75) is 20.3 Å². The highest BCUT2D eigenvalue weighted by atomic mass is 32.1. The van der Waals surface area contributed by atoms with Crippen molar-refractivity contribution in [2.75, 3.05) is 38.2 Å². The summed E-state index contributed by atoms with van der Waals surface area (Å²) in [5.41, 5.74) is 1.20. The lowest BCUT2D eigenvalue weighted by Gasteiger charge is -2.18. The van der Waals surface area contributed by atoms with Crippen molar-refractivity contribution in [3.63, 3.8) is 0 Å². The number of benzene rings is 1. The van der Waals surface area contributed by atoms with E-state index in [0.717, 1.165) is 49.3 Å². The van der Waals surface area contributed by atoms with Crippen LogP contribution in [-0.2, 0) is 6.42 Å². The number of likely N-dealkylation sites (N-methyl/N-ethyl adjacent to an activating group) is 2. The van der Waals surface area contributed by atoms with Crippen LogP contribution in [0.1, 0.15) is 25.2 Å². The molecular formula is C16H24N4OS. The number of nitrogens with one attached hydrogen (secondary N) is 1. The molecule has 0 unspecified atom stereocenters. The smallest absolute Gasteiger partial charge is 0.205 e. The van der Waals surface area contributed by atoms with Crippen molar-refractivity contribution in [1.82, 2.24) is 14.7 Å². The first-order valence-corrected chi connectivity index (χ1v) is 8.45. The Morgan fingerprint density at radius 2 is 2.00 bits per heavy atom. The van der Waals surface area contributed by atoms with Crippen molar-refractivity contribution < 1.29 is 4.74 Å². The van der Waals surface area contributed by atoms with E-state index in [-0.39, 0.29) is 0 Å². The maximum atomic E-state index is 5.17. The Balaban J connectivity index is 1.97. The number of aromatic nitrogens is 2. The maximum Gasteiger partial charge on any atom is 0.205 e. The molecule has 0 saturated heterocycles. The third kappa shape index (κ3) is 4.68. The van der Waals surface area contributed by atoms with Crippen LogP contribution in [0.5, 0.6) is 5.75 Å². The van der Waals surface area contributed by atoms with E-state index in [0.29, 0.717) is 0 Å². The van der Waals surface area contributed by atoms with Crippen LogP contribution in [-0.4, -0.2) is 42.6 Å². The molecule has 0 fully saturated rings. The monoisotopic (exact) mass is 320 g/mol. The van der Waals surface area contributed by atoms with Gasteiger partial charge in [-0.2, -0.15) is 4.37 Å². The Morgan fingerprint density at radius 3 is 2.64 bits per heavy atom. The van der Waals surface area contributed by atoms with E-state index < -0.39 is 0 Å². The molecular weight excluding hydrogens is 296 g/mol. The molecule has 2 aromatic rings. The van der Waals surface area contributed by atoms with Gasteiger partial charge in [0.05, 0.1) is 7.11 Å². The Morgan fingerprint density at radius 1 is 1.23 bits per heavy atom. The van der Waals surface area contributed by atoms with E-state index in [1.54, 1.807) is 7.11 Å². The summed E-state index contributed by atoms with van der Waals surface area (Å²) < 4.78 is 9.66. The van der Waals surface area contributed by atoms with Crippen LogP contribution < -0.4 is 15.0 Å². The molecule has 0 amide bonds. The molecule has 22 heavy (non-hydrogen) atoms. The molecule has 1 N–H and O–H groups in total. The van der Waals surface area contributed by atoms with Crippen LogP contribution in [0, 0.1) is 0 Å². The van der Waals surface area contributed by atoms with Gasteiger partial charge in [-0.05, 0) is 31.2 Å². The standard InChI is InChI=1S/C16H24N4OS/c1-4-17-10-11-20(5-2)16-18-15(19-22-16)12-13-6-8-14(21-3)9-7-13/h6-9,17H,4-5,10-12H2,1-3H3. The predicted octanol–water partition coefficient (Wildman–Crippen LogP) is 2.57. The van der Waals surface area contributed by atoms with Crippen molar-refractivity contribution in [3.05, 3.63) is 35.7 Å². The zero-order valence-corrected chi connectivity index (χ0v) is 14.3. The fourth-order valence-corrected chi connectivity index (χ4v) is 2.93. The number of anilines is 1. The third-order valence-electron chi connectivity index (χ3n) is 3.44. The SMILES string of the molecule is CCNCCN(CC)c1nc(Cc2ccc(OC)cc2)ns1. The second kappa shape index (κ2) is 8.70. The average molecular weight is 320 g/mol. The number of hydrogen-bond acceptors (Lipinski definition) is 6. The summed E-state index contributed by atoms with van der Waals surface area (Å²) in [4.78, 5) is 6.93. The average Bonchev–Trinajstić information content (AvgIpc) is 3.00. The van der Waals surface area contributed by atoms with Crippen molar-refractivity contribution in [2.24, 2.45) is 0 Å². The quantitative estimate of drug-likeness (QED) is 0.720. The molecule has 0 radical (unpaired) electrons. The molecule has 0 bridgehead atoms. The second-order valence-electron chi connectivity index (χ2n) is 4.95. The van der Waals surface area contributed by atoms with Gasteiger partial charge in [0.1, 0.15) is 11.6 Å². The number of methoxy groups -OCH3 is 1. The number of rotatable bonds is 9. The molecule has 0 spiro atoms. The van der Waals surface area contributed by atoms with Gasteiger partial charge in [-0.1, -0.05) is 19.1 Å². The van der Waals surface area contributed by atoms with Crippen molar-refractivity contribution in [3.8, 4) is 5.75 Å². The van der Waals surface area contributed by atoms with Gasteiger partial charge in [-0.3, -0.25) is 0 Å². The van der Waals surface area contributed by atoms with Gasteiger partial charge in [-0.15, -0.1) is 0 Å². The number of hydrogen-bond donors (Lipinski definition) is 1. The number of nitrogens with zero attached hydrogens (tertiary/aromatic N) is 3. The highest BCUT2D eigenvalue weighted by Gasteiger charge is 2.11. The molecule has 0 aliphatic heterocycles. The van der Waals surface area contributed by atoms with Gasteiger partial charge in [0.15, 0.2) is 0 Å². The van der Waals surface area contributed by atoms with E-state index in [9.17, 15) is 0 Å². The van der Waals surface area contributed by atoms with Crippen molar-refractivity contribution in [1.29, 1.82) is 0 Å². The summed E-state index contributed by atoms with van der Waals surface area (Å²) in [6, 6.07) is 8.05. The third-order valence-corrected chi connectivity index (χ3v) is 4.25. The first-order chi connectivity index (χ1) is 10.8. The van der Waals surface area contributed by atoms with Crippen LogP contribution >= 0.6 is 11.5 Å². The summed E-state index contributed by atoms with van der Waals surface area (Å²) in [5, 5.41) is 4.35. The topological polar surface area (TPSA) is 50.3 Å². The molecule has 0 atom stereocenters. The molecule has 0 aliphatic carbocycles. The lowest BCUT2D eigenvalue weighted by molar-refractivity contribution is 0.414. The van der Waals surface area contributed by atoms with Crippen LogP contribution in [0.25, 0.3) is 0 Å². The molecule has 5 nitrogen and oxygen atoms in total. The van der Waals surface area contributed by atoms with E-state index in [1.807, 2.05) is 12.1 Å². The summed E-state index contributed by atoms with van der Waals surface area (Å²) in [7, 11) is 1.68. The van der Waals surface area contributed by atoms with Crippen LogP contribution in [0.15, 0.2) is 24.3 Å². The van der Waals surface area contributed by atoms with E-state index in [2.05, 4.69) is 45.6 Å². The molecule has 1 heterocycles. The zero-order chi connectivity index (χ0) is 15.8. The minimum Gasteiger partial charge on any atom is -0.497 e. The molecule has 120 valence electrons. The van der Waals surface area contributed by atoms with Gasteiger partial charge in [0.2, 0.25) is 5.13 Å². The maximum absolute atomic E-state index is 5.17. The fraction of sp³-hybridized carbons (Fsp3) is 0.500. The molecule has 1 aromatic heterocycles. The fourth-order valence-electron chi connectivity index (χ4n) is 2.15. The Hall–Kier alpha value is -1.66. The van der Waals surface area contributed by atoms with E-state index in [1.165, 1.54) is 17.1 Å². The molecule has 2 rings (SSSR count). The second-order valence-corrected chi connectivity index (χ2v) is 5.68. The zero-order valence-electron chi connectivity index (χ0n) is 13.5. The Kier molecular flexibility index (Phi) is 6.61. The van der Waals surface area contributed by atoms with Gasteiger partial charge < -0.3 is 15.0 Å². The summed E-state index contributed by atoms with van der Waals surface area (Å²) in [5.74, 6) is 1.75. The Bertz CT molecular complexity index is 556. The predicted molar refractivity (Wildman–Crippen MR) is 92.1 cm³/mol. The van der Waals surface area contributed by atoms with Gasteiger partial charge in [-0.25, -0.2) is 4.98 Å². The normalized spacial score (nSPS) is 10.7. The first-order valence-electron chi connectivity index (χ1n) is 7.68. The van der Waals surface area contributed by atoms with Crippen LogP contribution in [0.3, 0.4) is 0 Å². The molecule has 0 aliphatic rings. The first kappa shape index (κ1) is 16.7. The van der Waals surface area contributed by atoms with Crippen molar-refractivity contribution >= 4 is 16.7 Å². The highest BCUT2D eigenvalue weighted by Crippen LogP contribution is 2.19. The lowest BCUT2D eigenvalue weighted by atomic mass is 10.1. The summed E-state index contributed by atoms with van der Waals surface area (Å²) in [6.45, 7) is 8.14. The summed E-state index contributed by atoms with van der Waals surface area (Å²) >= 11 is 1.48. The molecule has 0 saturated carbocycles. The largest absolute Gasteiger partial charge is 0.497 e. The minimum absolute atomic E-state index is 0.755. The number of ether oxygens (including phenoxy) is 1.